The number of hydrogen-bond acceptors (Lipinski definition) is 1. The van der Waals surface area contributed by atoms with Gasteiger partial charge in [0.15, 0.2) is 0 Å². The summed E-state index contributed by atoms with van der Waals surface area (Å²) in [5, 5.41) is 0. The van der Waals surface area contributed by atoms with Crippen LogP contribution in [0.5, 0.6) is 0 Å². The van der Waals surface area contributed by atoms with Gasteiger partial charge in [0.05, 0.1) is 0 Å². The summed E-state index contributed by atoms with van der Waals surface area (Å²) in [6, 6.07) is 10.9. The Morgan fingerprint density at radius 2 is 1.73 bits per heavy atom. The van der Waals surface area contributed by atoms with Crippen LogP contribution < -0.4 is 4.12 Å². The number of nitrogens with zero attached hydrogens (tertiary/aromatic N) is 1. The maximum absolute atomic E-state index is 2.45. The molecule has 0 amide bonds. The molecule has 2 heteroatoms. The van der Waals surface area contributed by atoms with Gasteiger partial charge in [0.2, 0.25) is 0 Å². The van der Waals surface area contributed by atoms with Crippen molar-refractivity contribution >= 4 is 20.3 Å². The summed E-state index contributed by atoms with van der Waals surface area (Å²) in [6.45, 7) is 6.62. The van der Waals surface area contributed by atoms with Crippen LogP contribution in [0.1, 0.15) is 13.8 Å². The minimum atomic E-state index is -1.34. The third-order valence-corrected chi connectivity index (χ3v) is 7.31. The van der Waals surface area contributed by atoms with Crippen LogP contribution in [0.2, 0.25) is 5.48 Å². The minimum absolute atomic E-state index is 1.11. The van der Waals surface area contributed by atoms with Crippen LogP contribution in [-0.4, -0.2) is 34.2 Å². The van der Waals surface area contributed by atoms with E-state index < -0.39 is 16.2 Å². The molecule has 0 fully saturated rings. The molecule has 0 unspecified atom stereocenters. The number of rotatable bonds is 5. The molecule has 0 saturated heterocycles. The maximum atomic E-state index is 2.45. The van der Waals surface area contributed by atoms with E-state index in [9.17, 15) is 0 Å². The van der Waals surface area contributed by atoms with Gasteiger partial charge >= 0.3 is 98.8 Å². The van der Waals surface area contributed by atoms with Gasteiger partial charge in [0, 0.05) is 0 Å². The third kappa shape index (κ3) is 4.18. The van der Waals surface area contributed by atoms with Crippen LogP contribution in [0.4, 0.5) is 0 Å². The van der Waals surface area contributed by atoms with Crippen LogP contribution >= 0.6 is 0 Å². The molecule has 1 rings (SSSR count). The van der Waals surface area contributed by atoms with Crippen molar-refractivity contribution in [3.05, 3.63) is 41.2 Å². The quantitative estimate of drug-likeness (QED) is 0.735. The molecule has 80 valence electrons. The normalized spacial score (nSPS) is 10.6. The van der Waals surface area contributed by atoms with Crippen molar-refractivity contribution in [3.8, 4) is 0 Å². The monoisotopic (exact) mass is 259 g/mol. The first kappa shape index (κ1) is 12.5. The van der Waals surface area contributed by atoms with E-state index in [1.807, 2.05) is 0 Å². The van der Waals surface area contributed by atoms with Crippen LogP contribution in [-0.2, 0) is 0 Å². The predicted octanol–water partition coefficient (Wildman–Crippen LogP) is 2.41. The van der Waals surface area contributed by atoms with E-state index in [2.05, 4.69) is 65.4 Å². The van der Waals surface area contributed by atoms with Gasteiger partial charge in [-0.3, -0.25) is 0 Å². The van der Waals surface area contributed by atoms with Crippen LogP contribution in [0.15, 0.2) is 41.2 Å². The van der Waals surface area contributed by atoms with Crippen LogP contribution in [0.3, 0.4) is 0 Å². The van der Waals surface area contributed by atoms with Gasteiger partial charge in [0.25, 0.3) is 0 Å². The standard InChI is InChI=1S/C6H12N.C6H5.CH3.Ga/c1-4-7(5-2)6-3;1-2-4-6-5-3-1;;/h1,4H,5-6H2,2-3H3;1-5H;1H3;. The summed E-state index contributed by atoms with van der Waals surface area (Å²) in [5.74, 6) is 0. The summed E-state index contributed by atoms with van der Waals surface area (Å²) in [6.07, 6.45) is 2.29. The molecule has 0 aliphatic heterocycles. The van der Waals surface area contributed by atoms with Crippen molar-refractivity contribution in [2.75, 3.05) is 13.1 Å². The predicted molar refractivity (Wildman–Crippen MR) is 69.8 cm³/mol. The van der Waals surface area contributed by atoms with Crippen LogP contribution in [0, 0.1) is 0 Å². The molecular formula is C13H20GaN. The zero-order valence-corrected chi connectivity index (χ0v) is 12.4. The van der Waals surface area contributed by atoms with Gasteiger partial charge in [-0.25, -0.2) is 0 Å². The molecule has 0 radical (unpaired) electrons. The number of benzene rings is 1. The van der Waals surface area contributed by atoms with E-state index in [1.54, 1.807) is 4.12 Å². The Kier molecular flexibility index (Phi) is 5.65. The zero-order chi connectivity index (χ0) is 11.1. The average molecular weight is 260 g/mol. The molecule has 0 aromatic heterocycles. The first-order valence-electron chi connectivity index (χ1n) is 5.75. The van der Waals surface area contributed by atoms with Gasteiger partial charge in [0.1, 0.15) is 0 Å². The topological polar surface area (TPSA) is 3.24 Å². The van der Waals surface area contributed by atoms with Crippen molar-refractivity contribution in [1.82, 2.24) is 4.90 Å². The first-order chi connectivity index (χ1) is 7.27. The molecule has 0 atom stereocenters. The van der Waals surface area contributed by atoms with E-state index in [4.69, 9.17) is 0 Å². The van der Waals surface area contributed by atoms with Crippen molar-refractivity contribution < 1.29 is 0 Å². The van der Waals surface area contributed by atoms with Gasteiger partial charge in [-0.05, 0) is 0 Å². The summed E-state index contributed by atoms with van der Waals surface area (Å²) in [7, 11) is 0. The third-order valence-electron chi connectivity index (χ3n) is 2.72. The second kappa shape index (κ2) is 6.80. The fourth-order valence-corrected chi connectivity index (χ4v) is 4.81. The first-order valence-corrected chi connectivity index (χ1v) is 10.8. The molecule has 0 bridgehead atoms. The van der Waals surface area contributed by atoms with Gasteiger partial charge < -0.3 is 0 Å². The van der Waals surface area contributed by atoms with E-state index >= 15 is 0 Å². The Morgan fingerprint density at radius 3 is 2.27 bits per heavy atom. The van der Waals surface area contributed by atoms with Crippen LogP contribution in [0.25, 0.3) is 0 Å². The average Bonchev–Trinajstić information content (AvgIpc) is 2.31. The van der Waals surface area contributed by atoms with E-state index in [-0.39, 0.29) is 0 Å². The Bertz CT molecular complexity index is 291. The van der Waals surface area contributed by atoms with Crippen molar-refractivity contribution in [2.45, 2.75) is 19.3 Å². The number of hydrogen-bond donors (Lipinski definition) is 0. The summed E-state index contributed by atoms with van der Waals surface area (Å²) < 4.78 is 4.02. The molecule has 0 heterocycles. The summed E-state index contributed by atoms with van der Waals surface area (Å²) in [5.41, 5.74) is 2.42. The molecule has 1 aromatic carbocycles. The molecule has 1 nitrogen and oxygen atoms in total. The fraction of sp³-hybridized carbons (Fsp3) is 0.385. The Hall–Kier alpha value is -0.604. The second-order valence-electron chi connectivity index (χ2n) is 3.76. The Balaban J connectivity index is 2.59. The molecule has 0 N–H and O–H groups in total. The van der Waals surface area contributed by atoms with E-state index in [1.165, 1.54) is 0 Å². The molecule has 0 saturated carbocycles. The molecule has 15 heavy (non-hydrogen) atoms. The van der Waals surface area contributed by atoms with Gasteiger partial charge in [-0.2, -0.15) is 0 Å². The SMILES string of the molecule is CCN(C=[CH][Ga]([CH3])[c]1ccccc1)CC. The van der Waals surface area contributed by atoms with Gasteiger partial charge in [-0.15, -0.1) is 0 Å². The molecular weight excluding hydrogens is 240 g/mol. The van der Waals surface area contributed by atoms with Gasteiger partial charge in [-0.1, -0.05) is 0 Å². The van der Waals surface area contributed by atoms with Crippen molar-refractivity contribution in [3.63, 3.8) is 0 Å². The van der Waals surface area contributed by atoms with Crippen molar-refractivity contribution in [1.29, 1.82) is 0 Å². The summed E-state index contributed by atoms with van der Waals surface area (Å²) >= 11 is -1.34. The Labute approximate surface area is 98.8 Å². The molecule has 0 aliphatic rings. The molecule has 0 aliphatic carbocycles. The molecule has 0 spiro atoms. The second-order valence-corrected chi connectivity index (χ2v) is 9.28. The fourth-order valence-electron chi connectivity index (χ4n) is 1.55. The zero-order valence-electron chi connectivity index (χ0n) is 9.98. The summed E-state index contributed by atoms with van der Waals surface area (Å²) in [4.78, 5) is 2.35. The Morgan fingerprint density at radius 1 is 1.13 bits per heavy atom. The van der Waals surface area contributed by atoms with Crippen molar-refractivity contribution in [2.24, 2.45) is 0 Å². The van der Waals surface area contributed by atoms with E-state index in [0.717, 1.165) is 13.1 Å². The molecule has 1 aromatic rings. The van der Waals surface area contributed by atoms with E-state index in [0.29, 0.717) is 0 Å².